The summed E-state index contributed by atoms with van der Waals surface area (Å²) in [6, 6.07) is 19.8. The van der Waals surface area contributed by atoms with Gasteiger partial charge in [-0.15, -0.1) is 0 Å². The maximum absolute atomic E-state index is 11.6. The molecule has 202 valence electrons. The molecule has 0 unspecified atom stereocenters. The number of nitrogens with one attached hydrogen (secondary N) is 1. The number of ketones is 1. The maximum atomic E-state index is 11.6. The quantitative estimate of drug-likeness (QED) is 0.182. The van der Waals surface area contributed by atoms with Gasteiger partial charge in [0.25, 0.3) is 0 Å². The van der Waals surface area contributed by atoms with Crippen molar-refractivity contribution in [1.82, 2.24) is 15.0 Å². The molecule has 0 saturated carbocycles. The van der Waals surface area contributed by atoms with Crippen LogP contribution in [0.5, 0.6) is 17.4 Å². The zero-order chi connectivity index (χ0) is 27.5. The third-order valence-electron chi connectivity index (χ3n) is 6.27. The van der Waals surface area contributed by atoms with Gasteiger partial charge in [0, 0.05) is 44.3 Å². The molecule has 0 amide bonds. The minimum absolute atomic E-state index is 0.305. The van der Waals surface area contributed by atoms with E-state index < -0.39 is 0 Å². The Morgan fingerprint density at radius 1 is 0.872 bits per heavy atom. The van der Waals surface area contributed by atoms with Crippen LogP contribution in [0.3, 0.4) is 0 Å². The van der Waals surface area contributed by atoms with Crippen molar-refractivity contribution in [3.8, 4) is 17.4 Å². The topological polar surface area (TPSA) is 86.2 Å². The van der Waals surface area contributed by atoms with Crippen LogP contribution in [0.15, 0.2) is 73.1 Å². The van der Waals surface area contributed by atoms with Gasteiger partial charge in [-0.2, -0.15) is 4.98 Å². The van der Waals surface area contributed by atoms with E-state index in [9.17, 15) is 4.79 Å². The van der Waals surface area contributed by atoms with Crippen molar-refractivity contribution < 1.29 is 14.3 Å². The molecule has 0 fully saturated rings. The van der Waals surface area contributed by atoms with Crippen LogP contribution < -0.4 is 14.8 Å². The summed E-state index contributed by atoms with van der Waals surface area (Å²) in [5, 5.41) is 3.93. The minimum Gasteiger partial charge on any atom is -0.497 e. The van der Waals surface area contributed by atoms with Crippen molar-refractivity contribution in [2.24, 2.45) is 0 Å². The summed E-state index contributed by atoms with van der Waals surface area (Å²) in [4.78, 5) is 24.9. The van der Waals surface area contributed by atoms with E-state index in [4.69, 9.17) is 26.1 Å². The first-order valence-corrected chi connectivity index (χ1v) is 13.5. The number of pyridine rings is 1. The molecular formula is C31H33ClN4O3. The van der Waals surface area contributed by atoms with Crippen molar-refractivity contribution >= 4 is 23.2 Å². The molecule has 0 bridgehead atoms. The lowest BCUT2D eigenvalue weighted by Gasteiger charge is -2.12. The van der Waals surface area contributed by atoms with Crippen LogP contribution >= 0.6 is 11.6 Å². The fraction of sp³-hybridized carbons (Fsp3) is 0.290. The highest BCUT2D eigenvalue weighted by Crippen LogP contribution is 2.25. The van der Waals surface area contributed by atoms with Gasteiger partial charge in [0.15, 0.2) is 0 Å². The first kappa shape index (κ1) is 28.0. The molecule has 1 N–H and O–H groups in total. The Balaban J connectivity index is 1.45. The lowest BCUT2D eigenvalue weighted by Crippen LogP contribution is -2.04. The number of ether oxygens (including phenoxy) is 2. The molecule has 0 aliphatic carbocycles. The number of rotatable bonds is 14. The number of methoxy groups -OCH3 is 1. The summed E-state index contributed by atoms with van der Waals surface area (Å²) in [5.41, 5.74) is 3.34. The second kappa shape index (κ2) is 14.3. The van der Waals surface area contributed by atoms with E-state index in [1.807, 2.05) is 67.6 Å². The first-order valence-electron chi connectivity index (χ1n) is 13.1. The molecule has 7 nitrogen and oxygen atoms in total. The average molecular weight is 545 g/mol. The predicted octanol–water partition coefficient (Wildman–Crippen LogP) is 7.03. The van der Waals surface area contributed by atoms with E-state index in [0.717, 1.165) is 35.5 Å². The summed E-state index contributed by atoms with van der Waals surface area (Å²) in [5.74, 6) is 3.77. The normalized spacial score (nSPS) is 10.7. The van der Waals surface area contributed by atoms with Crippen molar-refractivity contribution in [1.29, 1.82) is 0 Å². The Hall–Kier alpha value is -3.97. The van der Waals surface area contributed by atoms with Gasteiger partial charge in [-0.3, -0.25) is 4.79 Å². The number of aryl methyl sites for hydroxylation is 3. The van der Waals surface area contributed by atoms with Gasteiger partial charge in [0.05, 0.1) is 12.1 Å². The molecule has 0 radical (unpaired) electrons. The van der Waals surface area contributed by atoms with Crippen molar-refractivity contribution in [3.63, 3.8) is 0 Å². The fourth-order valence-corrected chi connectivity index (χ4v) is 4.12. The number of carbonyl (C=O) groups is 1. The third-order valence-corrected chi connectivity index (χ3v) is 6.46. The molecule has 0 saturated heterocycles. The Labute approximate surface area is 234 Å². The van der Waals surface area contributed by atoms with E-state index in [2.05, 4.69) is 15.3 Å². The molecule has 2 aromatic carbocycles. The number of carbonyl (C=O) groups excluding carboxylic acids is 1. The largest absolute Gasteiger partial charge is 0.497 e. The lowest BCUT2D eigenvalue weighted by atomic mass is 10.1. The van der Waals surface area contributed by atoms with Gasteiger partial charge in [0.1, 0.15) is 28.9 Å². The summed E-state index contributed by atoms with van der Waals surface area (Å²) in [6.45, 7) is 2.51. The van der Waals surface area contributed by atoms with E-state index in [1.165, 1.54) is 5.56 Å². The van der Waals surface area contributed by atoms with Crippen LogP contribution in [0.25, 0.3) is 0 Å². The fourth-order valence-electron chi connectivity index (χ4n) is 4.02. The summed E-state index contributed by atoms with van der Waals surface area (Å²) < 4.78 is 11.4. The number of anilines is 1. The Morgan fingerprint density at radius 3 is 2.26 bits per heavy atom. The van der Waals surface area contributed by atoms with Gasteiger partial charge in [-0.05, 0) is 66.3 Å². The van der Waals surface area contributed by atoms with Crippen LogP contribution in [0, 0.1) is 0 Å². The number of nitrogens with zero attached hydrogens (tertiary/aromatic N) is 3. The SMILES string of the molecule is CCC(=O)CCCc1ccc(Oc2cc(CCc3ncc(Cl)cn3)cc(NCc3ccc(OC)cc3)n2)cc1. The van der Waals surface area contributed by atoms with Crippen LogP contribution in [-0.2, 0) is 30.6 Å². The number of hydrogen-bond acceptors (Lipinski definition) is 7. The predicted molar refractivity (Wildman–Crippen MR) is 154 cm³/mol. The number of halogens is 1. The lowest BCUT2D eigenvalue weighted by molar-refractivity contribution is -0.118. The number of aromatic nitrogens is 3. The van der Waals surface area contributed by atoms with Crippen molar-refractivity contribution in [2.75, 3.05) is 12.4 Å². The number of Topliss-reactive ketones (excluding diaryl/α,β-unsaturated/α-hetero) is 1. The zero-order valence-electron chi connectivity index (χ0n) is 22.3. The minimum atomic E-state index is 0.305. The molecule has 0 spiro atoms. The molecular weight excluding hydrogens is 512 g/mol. The maximum Gasteiger partial charge on any atom is 0.221 e. The Kier molecular flexibility index (Phi) is 10.3. The molecule has 2 heterocycles. The molecule has 4 rings (SSSR count). The average Bonchev–Trinajstić information content (AvgIpc) is 2.97. The highest BCUT2D eigenvalue weighted by molar-refractivity contribution is 6.30. The van der Waals surface area contributed by atoms with Gasteiger partial charge in [-0.1, -0.05) is 42.8 Å². The van der Waals surface area contributed by atoms with E-state index in [-0.39, 0.29) is 0 Å². The Morgan fingerprint density at radius 2 is 1.56 bits per heavy atom. The molecule has 39 heavy (non-hydrogen) atoms. The van der Waals surface area contributed by atoms with E-state index in [0.29, 0.717) is 60.5 Å². The van der Waals surface area contributed by atoms with Gasteiger partial charge in [-0.25, -0.2) is 9.97 Å². The smallest absolute Gasteiger partial charge is 0.221 e. The number of benzene rings is 2. The summed E-state index contributed by atoms with van der Waals surface area (Å²) >= 11 is 5.92. The van der Waals surface area contributed by atoms with Crippen LogP contribution in [0.1, 0.15) is 48.7 Å². The van der Waals surface area contributed by atoms with Gasteiger partial charge < -0.3 is 14.8 Å². The monoisotopic (exact) mass is 544 g/mol. The molecule has 0 atom stereocenters. The van der Waals surface area contributed by atoms with Crippen LogP contribution in [0.4, 0.5) is 5.82 Å². The highest BCUT2D eigenvalue weighted by Gasteiger charge is 2.08. The molecule has 0 aliphatic heterocycles. The van der Waals surface area contributed by atoms with Crippen molar-refractivity contribution in [3.05, 3.63) is 101 Å². The van der Waals surface area contributed by atoms with Crippen LogP contribution in [-0.4, -0.2) is 27.8 Å². The molecule has 8 heteroatoms. The standard InChI is InChI=1S/C31H33ClN4O3/c1-3-26(37)6-4-5-22-7-14-28(15-8-22)39-31-18-24(11-16-29-34-20-25(32)21-35-29)17-30(36-31)33-19-23-9-12-27(38-2)13-10-23/h7-10,12-15,17-18,20-21H,3-6,11,16,19H2,1-2H3,(H,33,36). The van der Waals surface area contributed by atoms with E-state index in [1.54, 1.807) is 19.5 Å². The molecule has 2 aromatic heterocycles. The summed E-state index contributed by atoms with van der Waals surface area (Å²) in [6.07, 6.45) is 7.54. The molecule has 0 aliphatic rings. The van der Waals surface area contributed by atoms with Crippen molar-refractivity contribution in [2.45, 2.75) is 52.0 Å². The van der Waals surface area contributed by atoms with Gasteiger partial charge in [0.2, 0.25) is 5.88 Å². The molecule has 4 aromatic rings. The Bertz CT molecular complexity index is 1340. The second-order valence-electron chi connectivity index (χ2n) is 9.21. The zero-order valence-corrected chi connectivity index (χ0v) is 23.1. The highest BCUT2D eigenvalue weighted by atomic mass is 35.5. The first-order chi connectivity index (χ1) is 19.0. The van der Waals surface area contributed by atoms with E-state index >= 15 is 0 Å². The van der Waals surface area contributed by atoms with Gasteiger partial charge >= 0.3 is 0 Å². The number of hydrogen-bond donors (Lipinski definition) is 1. The third kappa shape index (κ3) is 9.07. The van der Waals surface area contributed by atoms with Crippen LogP contribution in [0.2, 0.25) is 5.02 Å². The summed E-state index contributed by atoms with van der Waals surface area (Å²) in [7, 11) is 1.66. The second-order valence-corrected chi connectivity index (χ2v) is 9.65.